The van der Waals surface area contributed by atoms with Gasteiger partial charge in [0, 0.05) is 0 Å². The largest absolute Gasteiger partial charge is 0.320 e. The maximum Gasteiger partial charge on any atom is 0.136 e. The van der Waals surface area contributed by atoms with Crippen LogP contribution in [0.5, 0.6) is 0 Å². The van der Waals surface area contributed by atoms with Crippen molar-refractivity contribution in [2.45, 2.75) is 38.1 Å². The van der Waals surface area contributed by atoms with Gasteiger partial charge in [0.25, 0.3) is 0 Å². The molecule has 0 radical (unpaired) electrons. The van der Waals surface area contributed by atoms with Gasteiger partial charge in [-0.1, -0.05) is 0 Å². The fraction of sp³-hybridized carbons (Fsp3) is 0.909. The normalized spacial score (nSPS) is 28.4. The molecule has 0 amide bonds. The van der Waals surface area contributed by atoms with Crippen LogP contribution in [0.4, 0.5) is 0 Å². The van der Waals surface area contributed by atoms with Crippen molar-refractivity contribution >= 4 is 6.29 Å². The van der Waals surface area contributed by atoms with E-state index in [0.717, 1.165) is 31.7 Å². The minimum Gasteiger partial charge on any atom is -0.320 e. The van der Waals surface area contributed by atoms with Crippen molar-refractivity contribution in [3.63, 3.8) is 0 Å². The lowest BCUT2D eigenvalue weighted by atomic mass is 9.94. The topological polar surface area (TPSA) is 41.1 Å². The molecule has 3 heteroatoms. The molecule has 0 aliphatic carbocycles. The summed E-state index contributed by atoms with van der Waals surface area (Å²) in [7, 11) is 2.00. The number of carbonyl (C=O) groups excluding carboxylic acids is 1. The van der Waals surface area contributed by atoms with Crippen LogP contribution in [0.25, 0.3) is 0 Å². The molecule has 0 spiro atoms. The smallest absolute Gasteiger partial charge is 0.136 e. The Balaban J connectivity index is 2.17. The maximum absolute atomic E-state index is 10.6. The van der Waals surface area contributed by atoms with Crippen molar-refractivity contribution in [1.29, 1.82) is 0 Å². The van der Waals surface area contributed by atoms with Gasteiger partial charge in [0.1, 0.15) is 6.29 Å². The van der Waals surface area contributed by atoms with Gasteiger partial charge in [-0.15, -0.1) is 0 Å². The van der Waals surface area contributed by atoms with Crippen molar-refractivity contribution in [2.24, 2.45) is 5.92 Å². The quantitative estimate of drug-likeness (QED) is 0.510. The van der Waals surface area contributed by atoms with E-state index in [1.54, 1.807) is 0 Å². The predicted molar refractivity (Wildman–Crippen MR) is 58.4 cm³/mol. The number of nitrogens with one attached hydrogen (secondary N) is 2. The minimum absolute atomic E-state index is 0.115. The Kier molecular flexibility index (Phi) is 5.80. The zero-order valence-corrected chi connectivity index (χ0v) is 9.09. The van der Waals surface area contributed by atoms with Gasteiger partial charge in [0.15, 0.2) is 0 Å². The molecule has 1 rings (SSSR count). The minimum atomic E-state index is 0.115. The highest BCUT2D eigenvalue weighted by Gasteiger charge is 2.16. The first-order chi connectivity index (χ1) is 6.86. The van der Waals surface area contributed by atoms with Crippen LogP contribution in [0.2, 0.25) is 0 Å². The van der Waals surface area contributed by atoms with Crippen LogP contribution in [-0.2, 0) is 4.79 Å². The van der Waals surface area contributed by atoms with Crippen molar-refractivity contribution in [3.8, 4) is 0 Å². The molecular formula is C11H22N2O. The van der Waals surface area contributed by atoms with Crippen molar-refractivity contribution in [1.82, 2.24) is 10.6 Å². The monoisotopic (exact) mass is 198 g/mol. The summed E-state index contributed by atoms with van der Waals surface area (Å²) < 4.78 is 0. The first-order valence-electron chi connectivity index (χ1n) is 5.70. The van der Waals surface area contributed by atoms with Crippen LogP contribution in [0.3, 0.4) is 0 Å². The Morgan fingerprint density at radius 3 is 3.00 bits per heavy atom. The van der Waals surface area contributed by atoms with Gasteiger partial charge in [-0.05, 0) is 58.2 Å². The van der Waals surface area contributed by atoms with Gasteiger partial charge in [0.05, 0.1) is 6.04 Å². The highest BCUT2D eigenvalue weighted by atomic mass is 16.1. The summed E-state index contributed by atoms with van der Waals surface area (Å²) in [5, 5.41) is 6.44. The summed E-state index contributed by atoms with van der Waals surface area (Å²) in [6, 6.07) is 0.115. The second-order valence-corrected chi connectivity index (χ2v) is 4.17. The van der Waals surface area contributed by atoms with Gasteiger partial charge in [-0.25, -0.2) is 0 Å². The molecule has 2 N–H and O–H groups in total. The SMILES string of the molecule is CNCCC[C@@H]1CCNC(C=O)CC1. The molecule has 1 saturated heterocycles. The molecule has 1 fully saturated rings. The lowest BCUT2D eigenvalue weighted by Crippen LogP contribution is -2.29. The highest BCUT2D eigenvalue weighted by molar-refractivity contribution is 5.57. The van der Waals surface area contributed by atoms with Crippen LogP contribution in [0.15, 0.2) is 0 Å². The summed E-state index contributed by atoms with van der Waals surface area (Å²) in [5.41, 5.74) is 0. The molecule has 82 valence electrons. The Morgan fingerprint density at radius 2 is 2.29 bits per heavy atom. The zero-order valence-electron chi connectivity index (χ0n) is 9.09. The van der Waals surface area contributed by atoms with E-state index in [0.29, 0.717) is 0 Å². The predicted octanol–water partition coefficient (Wildman–Crippen LogP) is 0.943. The second-order valence-electron chi connectivity index (χ2n) is 4.17. The molecule has 1 aliphatic rings. The van der Waals surface area contributed by atoms with Crippen LogP contribution < -0.4 is 10.6 Å². The van der Waals surface area contributed by atoms with E-state index >= 15 is 0 Å². The third-order valence-corrected chi connectivity index (χ3v) is 3.05. The second kappa shape index (κ2) is 6.96. The summed E-state index contributed by atoms with van der Waals surface area (Å²) in [6.07, 6.45) is 7.07. The molecule has 14 heavy (non-hydrogen) atoms. The molecule has 0 aromatic heterocycles. The lowest BCUT2D eigenvalue weighted by Gasteiger charge is -2.12. The molecule has 0 aromatic carbocycles. The summed E-state index contributed by atoms with van der Waals surface area (Å²) in [4.78, 5) is 10.6. The average Bonchev–Trinajstić information content (AvgIpc) is 2.43. The number of hydrogen-bond acceptors (Lipinski definition) is 3. The molecule has 1 unspecified atom stereocenters. The summed E-state index contributed by atoms with van der Waals surface area (Å²) in [5.74, 6) is 0.820. The molecule has 0 aromatic rings. The molecule has 3 nitrogen and oxygen atoms in total. The van der Waals surface area contributed by atoms with Gasteiger partial charge < -0.3 is 15.4 Å². The Morgan fingerprint density at radius 1 is 1.43 bits per heavy atom. The molecule has 0 saturated carbocycles. The van der Waals surface area contributed by atoms with E-state index in [-0.39, 0.29) is 6.04 Å². The number of hydrogen-bond donors (Lipinski definition) is 2. The van der Waals surface area contributed by atoms with Crippen molar-refractivity contribution < 1.29 is 4.79 Å². The molecule has 1 aliphatic heterocycles. The first kappa shape index (κ1) is 11.7. The van der Waals surface area contributed by atoms with E-state index in [2.05, 4.69) is 10.6 Å². The van der Waals surface area contributed by atoms with E-state index in [9.17, 15) is 4.79 Å². The van der Waals surface area contributed by atoms with E-state index < -0.39 is 0 Å². The lowest BCUT2D eigenvalue weighted by molar-refractivity contribution is -0.109. The number of rotatable bonds is 5. The van der Waals surface area contributed by atoms with Crippen molar-refractivity contribution in [3.05, 3.63) is 0 Å². The molecule has 0 bridgehead atoms. The van der Waals surface area contributed by atoms with Gasteiger partial charge in [-0.2, -0.15) is 0 Å². The third-order valence-electron chi connectivity index (χ3n) is 3.05. The van der Waals surface area contributed by atoms with Gasteiger partial charge in [0.2, 0.25) is 0 Å². The molecular weight excluding hydrogens is 176 g/mol. The molecule has 1 heterocycles. The Labute approximate surface area is 86.6 Å². The fourth-order valence-corrected chi connectivity index (χ4v) is 2.11. The Bertz CT molecular complexity index is 161. The van der Waals surface area contributed by atoms with Crippen LogP contribution in [0.1, 0.15) is 32.1 Å². The summed E-state index contributed by atoms with van der Waals surface area (Å²) >= 11 is 0. The third kappa shape index (κ3) is 4.20. The molecule has 2 atom stereocenters. The number of carbonyl (C=O) groups is 1. The van der Waals surface area contributed by atoms with Crippen LogP contribution in [-0.4, -0.2) is 32.5 Å². The maximum atomic E-state index is 10.6. The van der Waals surface area contributed by atoms with Gasteiger partial charge >= 0.3 is 0 Å². The zero-order chi connectivity index (χ0) is 10.2. The highest BCUT2D eigenvalue weighted by Crippen LogP contribution is 2.20. The Hall–Kier alpha value is -0.410. The van der Waals surface area contributed by atoms with E-state index in [4.69, 9.17) is 0 Å². The van der Waals surface area contributed by atoms with E-state index in [1.807, 2.05) is 7.05 Å². The first-order valence-corrected chi connectivity index (χ1v) is 5.70. The average molecular weight is 198 g/mol. The van der Waals surface area contributed by atoms with Gasteiger partial charge in [-0.3, -0.25) is 0 Å². The van der Waals surface area contributed by atoms with E-state index in [1.165, 1.54) is 25.7 Å². The van der Waals surface area contributed by atoms with Crippen molar-refractivity contribution in [2.75, 3.05) is 20.1 Å². The summed E-state index contributed by atoms with van der Waals surface area (Å²) in [6.45, 7) is 2.12. The van der Waals surface area contributed by atoms with Crippen LogP contribution >= 0.6 is 0 Å². The fourth-order valence-electron chi connectivity index (χ4n) is 2.11. The standard InChI is InChI=1S/C11H22N2O/c1-12-7-2-3-10-4-5-11(9-14)13-8-6-10/h9-13H,2-8H2,1H3/t10-,11?/m0/s1. The van der Waals surface area contributed by atoms with Crippen LogP contribution in [0, 0.1) is 5.92 Å². The number of aldehydes is 1.